The summed E-state index contributed by atoms with van der Waals surface area (Å²) in [7, 11) is 1.84. The second-order valence-electron chi connectivity index (χ2n) is 4.29. The molecule has 2 aliphatic heterocycles. The van der Waals surface area contributed by atoms with Crippen LogP contribution < -0.4 is 16.0 Å². The molecule has 1 aromatic rings. The summed E-state index contributed by atoms with van der Waals surface area (Å²) in [4.78, 5) is 8.29. The number of halogens is 2. The number of hydrogen-bond donors (Lipinski definition) is 3. The van der Waals surface area contributed by atoms with Crippen molar-refractivity contribution in [3.8, 4) is 0 Å². The summed E-state index contributed by atoms with van der Waals surface area (Å²) in [5, 5.41) is 10.2. The molecule has 3 rings (SSSR count). The second kappa shape index (κ2) is 7.36. The molecule has 0 radical (unpaired) electrons. The quantitative estimate of drug-likeness (QED) is 0.741. The SMILES string of the molecule is C1=NCCN1.CNC1=NC(c2ccc(Cl)c(Cl)c2)CN1. The monoisotopic (exact) mass is 313 g/mol. The molecule has 1 unspecified atom stereocenters. The van der Waals surface area contributed by atoms with Gasteiger partial charge >= 0.3 is 0 Å². The van der Waals surface area contributed by atoms with Gasteiger partial charge in [0, 0.05) is 20.1 Å². The minimum absolute atomic E-state index is 0.113. The minimum Gasteiger partial charge on any atom is -0.375 e. The van der Waals surface area contributed by atoms with Crippen molar-refractivity contribution in [3.63, 3.8) is 0 Å². The van der Waals surface area contributed by atoms with Crippen molar-refractivity contribution in [3.05, 3.63) is 33.8 Å². The largest absolute Gasteiger partial charge is 0.375 e. The molecule has 0 saturated carbocycles. The molecule has 0 amide bonds. The molecule has 7 heteroatoms. The molecule has 20 heavy (non-hydrogen) atoms. The van der Waals surface area contributed by atoms with Crippen LogP contribution in [0.4, 0.5) is 0 Å². The number of nitrogens with one attached hydrogen (secondary N) is 3. The fourth-order valence-electron chi connectivity index (χ4n) is 1.83. The predicted octanol–water partition coefficient (Wildman–Crippen LogP) is 1.83. The molecule has 0 aromatic heterocycles. The van der Waals surface area contributed by atoms with Gasteiger partial charge < -0.3 is 16.0 Å². The van der Waals surface area contributed by atoms with E-state index < -0.39 is 0 Å². The molecule has 0 spiro atoms. The molecule has 0 saturated heterocycles. The van der Waals surface area contributed by atoms with Crippen LogP contribution in [-0.2, 0) is 0 Å². The Morgan fingerprint density at radius 1 is 1.30 bits per heavy atom. The first-order chi connectivity index (χ1) is 9.70. The van der Waals surface area contributed by atoms with Crippen LogP contribution in [0.1, 0.15) is 11.6 Å². The average molecular weight is 314 g/mol. The van der Waals surface area contributed by atoms with E-state index in [4.69, 9.17) is 23.2 Å². The third kappa shape index (κ3) is 4.02. The summed E-state index contributed by atoms with van der Waals surface area (Å²) in [6.07, 6.45) is 1.74. The van der Waals surface area contributed by atoms with Gasteiger partial charge in [0.1, 0.15) is 0 Å². The predicted molar refractivity (Wildman–Crippen MR) is 85.1 cm³/mol. The Hall–Kier alpha value is -1.46. The smallest absolute Gasteiger partial charge is 0.191 e. The Balaban J connectivity index is 0.000000247. The summed E-state index contributed by atoms with van der Waals surface area (Å²) < 4.78 is 0. The molecule has 1 atom stereocenters. The Bertz CT molecular complexity index is 509. The third-order valence-corrected chi connectivity index (χ3v) is 3.62. The van der Waals surface area contributed by atoms with Crippen LogP contribution in [0.2, 0.25) is 10.0 Å². The summed E-state index contributed by atoms with van der Waals surface area (Å²) in [6, 6.07) is 5.72. The van der Waals surface area contributed by atoms with E-state index in [0.717, 1.165) is 31.2 Å². The van der Waals surface area contributed by atoms with Crippen LogP contribution in [0.3, 0.4) is 0 Å². The van der Waals surface area contributed by atoms with Gasteiger partial charge in [0.05, 0.1) is 29.0 Å². The lowest BCUT2D eigenvalue weighted by atomic mass is 10.1. The van der Waals surface area contributed by atoms with Crippen molar-refractivity contribution < 1.29 is 0 Å². The lowest BCUT2D eigenvalue weighted by Gasteiger charge is -2.06. The molecule has 3 N–H and O–H groups in total. The highest BCUT2D eigenvalue weighted by atomic mass is 35.5. The summed E-state index contributed by atoms with van der Waals surface area (Å²) >= 11 is 11.8. The Kier molecular flexibility index (Phi) is 5.49. The highest BCUT2D eigenvalue weighted by molar-refractivity contribution is 6.42. The normalized spacial score (nSPS) is 19.6. The maximum atomic E-state index is 5.95. The molecule has 2 aliphatic rings. The van der Waals surface area contributed by atoms with Crippen LogP contribution in [0, 0.1) is 0 Å². The van der Waals surface area contributed by atoms with Gasteiger partial charge in [-0.2, -0.15) is 0 Å². The van der Waals surface area contributed by atoms with Crippen molar-refractivity contribution >= 4 is 35.5 Å². The number of aliphatic imine (C=N–C) groups is 2. The van der Waals surface area contributed by atoms with Gasteiger partial charge in [-0.3, -0.25) is 4.99 Å². The van der Waals surface area contributed by atoms with E-state index >= 15 is 0 Å². The standard InChI is InChI=1S/C10H11Cl2N3.C3H6N2/c1-13-10-14-5-9(15-10)6-2-3-7(11)8(12)4-6;1-2-5-3-4-1/h2-4,9H,5H2,1H3,(H2,13,14,15);3H,1-2H2,(H,4,5). The molecule has 0 aliphatic carbocycles. The maximum Gasteiger partial charge on any atom is 0.191 e. The number of hydrogen-bond acceptors (Lipinski definition) is 5. The molecule has 5 nitrogen and oxygen atoms in total. The van der Waals surface area contributed by atoms with Crippen LogP contribution in [0.5, 0.6) is 0 Å². The minimum atomic E-state index is 0.113. The number of nitrogens with zero attached hydrogens (tertiary/aromatic N) is 2. The first-order valence-electron chi connectivity index (χ1n) is 6.36. The summed E-state index contributed by atoms with van der Waals surface area (Å²) in [5.41, 5.74) is 1.07. The Morgan fingerprint density at radius 3 is 2.65 bits per heavy atom. The van der Waals surface area contributed by atoms with E-state index in [0.29, 0.717) is 10.0 Å². The van der Waals surface area contributed by atoms with E-state index in [1.165, 1.54) is 0 Å². The van der Waals surface area contributed by atoms with E-state index in [2.05, 4.69) is 25.9 Å². The summed E-state index contributed by atoms with van der Waals surface area (Å²) in [5.74, 6) is 0.811. The fourth-order valence-corrected chi connectivity index (χ4v) is 2.13. The van der Waals surface area contributed by atoms with Gasteiger partial charge in [0.2, 0.25) is 0 Å². The summed E-state index contributed by atoms with van der Waals surface area (Å²) in [6.45, 7) is 2.77. The molecule has 0 fully saturated rings. The first-order valence-corrected chi connectivity index (χ1v) is 7.12. The van der Waals surface area contributed by atoms with Gasteiger partial charge in [0.15, 0.2) is 5.96 Å². The highest BCUT2D eigenvalue weighted by Crippen LogP contribution is 2.27. The van der Waals surface area contributed by atoms with Gasteiger partial charge in [0.25, 0.3) is 0 Å². The molecule has 1 aromatic carbocycles. The van der Waals surface area contributed by atoms with Crippen LogP contribution >= 0.6 is 23.2 Å². The topological polar surface area (TPSA) is 60.8 Å². The molecular formula is C13H17Cl2N5. The van der Waals surface area contributed by atoms with Gasteiger partial charge in [-0.25, -0.2) is 4.99 Å². The number of benzene rings is 1. The van der Waals surface area contributed by atoms with Crippen LogP contribution in [0.25, 0.3) is 0 Å². The van der Waals surface area contributed by atoms with Gasteiger partial charge in [-0.15, -0.1) is 0 Å². The molecule has 2 heterocycles. The van der Waals surface area contributed by atoms with Crippen molar-refractivity contribution in [1.82, 2.24) is 16.0 Å². The number of guanidine groups is 1. The zero-order valence-electron chi connectivity index (χ0n) is 11.2. The lowest BCUT2D eigenvalue weighted by molar-refractivity contribution is 0.751. The molecule has 108 valence electrons. The van der Waals surface area contributed by atoms with Crippen molar-refractivity contribution in [2.75, 3.05) is 26.7 Å². The zero-order chi connectivity index (χ0) is 14.4. The fraction of sp³-hybridized carbons (Fsp3) is 0.385. The lowest BCUT2D eigenvalue weighted by Crippen LogP contribution is -2.30. The van der Waals surface area contributed by atoms with E-state index in [9.17, 15) is 0 Å². The van der Waals surface area contributed by atoms with E-state index in [1.54, 1.807) is 12.4 Å². The molecular weight excluding hydrogens is 297 g/mol. The molecule has 0 bridgehead atoms. The van der Waals surface area contributed by atoms with Gasteiger partial charge in [-0.05, 0) is 17.7 Å². The van der Waals surface area contributed by atoms with Crippen molar-refractivity contribution in [1.29, 1.82) is 0 Å². The van der Waals surface area contributed by atoms with E-state index in [-0.39, 0.29) is 6.04 Å². The second-order valence-corrected chi connectivity index (χ2v) is 5.10. The average Bonchev–Trinajstić information content (AvgIpc) is 3.15. The number of rotatable bonds is 1. The van der Waals surface area contributed by atoms with Crippen molar-refractivity contribution in [2.45, 2.75) is 6.04 Å². The first kappa shape index (κ1) is 14.9. The van der Waals surface area contributed by atoms with Crippen molar-refractivity contribution in [2.24, 2.45) is 9.98 Å². The van der Waals surface area contributed by atoms with Gasteiger partial charge in [-0.1, -0.05) is 29.3 Å². The van der Waals surface area contributed by atoms with Crippen LogP contribution in [0.15, 0.2) is 28.2 Å². The zero-order valence-corrected chi connectivity index (χ0v) is 12.7. The van der Waals surface area contributed by atoms with E-state index in [1.807, 2.05) is 19.2 Å². The Morgan fingerprint density at radius 2 is 2.15 bits per heavy atom. The maximum absolute atomic E-state index is 5.95. The third-order valence-electron chi connectivity index (χ3n) is 2.88. The van der Waals surface area contributed by atoms with Crippen LogP contribution in [-0.4, -0.2) is 39.0 Å². The Labute approximate surface area is 128 Å². The highest BCUT2D eigenvalue weighted by Gasteiger charge is 2.18.